The highest BCUT2D eigenvalue weighted by Gasteiger charge is 2.12. The zero-order valence-electron chi connectivity index (χ0n) is 14.3. The largest absolute Gasteiger partial charge is 0.368 e. The van der Waals surface area contributed by atoms with E-state index < -0.39 is 0 Å². The van der Waals surface area contributed by atoms with Crippen molar-refractivity contribution in [1.82, 2.24) is 15.3 Å². The fourth-order valence-corrected chi connectivity index (χ4v) is 3.51. The van der Waals surface area contributed by atoms with Gasteiger partial charge in [0, 0.05) is 23.5 Å². The van der Waals surface area contributed by atoms with E-state index in [1.165, 1.54) is 22.8 Å². The van der Waals surface area contributed by atoms with Crippen LogP contribution in [0.3, 0.4) is 0 Å². The maximum Gasteiger partial charge on any atom is 0.251 e. The van der Waals surface area contributed by atoms with Gasteiger partial charge in [0.25, 0.3) is 5.91 Å². The minimum absolute atomic E-state index is 0.295. The molecule has 5 nitrogen and oxygen atoms in total. The van der Waals surface area contributed by atoms with Gasteiger partial charge in [-0.05, 0) is 44.0 Å². The predicted molar refractivity (Wildman–Crippen MR) is 98.8 cm³/mol. The van der Waals surface area contributed by atoms with Crippen LogP contribution in [-0.4, -0.2) is 29.0 Å². The molecule has 0 aliphatic carbocycles. The third-order valence-corrected chi connectivity index (χ3v) is 5.22. The summed E-state index contributed by atoms with van der Waals surface area (Å²) in [6.45, 7) is 6.70. The number of thiophene rings is 1. The number of benzene rings is 1. The first-order valence-electron chi connectivity index (χ1n) is 7.96. The van der Waals surface area contributed by atoms with E-state index in [2.05, 4.69) is 34.4 Å². The number of anilines is 1. The molecule has 0 spiro atoms. The Hall–Kier alpha value is -2.54. The molecule has 0 unspecified atom stereocenters. The zero-order valence-corrected chi connectivity index (χ0v) is 15.1. The van der Waals surface area contributed by atoms with Crippen LogP contribution in [0, 0.1) is 26.6 Å². The lowest BCUT2D eigenvalue weighted by atomic mass is 10.1. The molecule has 1 aromatic carbocycles. The average Bonchev–Trinajstić information content (AvgIpc) is 2.89. The molecule has 3 aromatic rings. The number of amides is 1. The number of hydrogen-bond donors (Lipinski definition) is 2. The average molecular weight is 358 g/mol. The van der Waals surface area contributed by atoms with E-state index in [0.29, 0.717) is 24.2 Å². The second-order valence-corrected chi connectivity index (χ2v) is 7.04. The molecule has 7 heteroatoms. The molecule has 2 aromatic heterocycles. The highest BCUT2D eigenvalue weighted by atomic mass is 32.1. The monoisotopic (exact) mass is 358 g/mol. The molecule has 1 amide bonds. The van der Waals surface area contributed by atoms with Gasteiger partial charge in [0.05, 0.1) is 5.39 Å². The summed E-state index contributed by atoms with van der Waals surface area (Å²) < 4.78 is 13.5. The Labute approximate surface area is 149 Å². The third kappa shape index (κ3) is 3.61. The van der Waals surface area contributed by atoms with E-state index in [1.54, 1.807) is 30.4 Å². The molecule has 130 valence electrons. The molecule has 0 radical (unpaired) electrons. The van der Waals surface area contributed by atoms with Gasteiger partial charge in [0.1, 0.15) is 22.8 Å². The first-order valence-corrected chi connectivity index (χ1v) is 8.78. The maximum absolute atomic E-state index is 13.5. The first kappa shape index (κ1) is 17.3. The highest BCUT2D eigenvalue weighted by Crippen LogP contribution is 2.32. The van der Waals surface area contributed by atoms with Crippen molar-refractivity contribution in [1.29, 1.82) is 0 Å². The third-order valence-electron chi connectivity index (χ3n) is 4.10. The molecule has 0 saturated heterocycles. The molecule has 0 aliphatic rings. The zero-order chi connectivity index (χ0) is 18.0. The van der Waals surface area contributed by atoms with Crippen LogP contribution in [0.15, 0.2) is 24.5 Å². The van der Waals surface area contributed by atoms with Gasteiger partial charge in [-0.2, -0.15) is 0 Å². The maximum atomic E-state index is 13.5. The fraction of sp³-hybridized carbons (Fsp3) is 0.278. The van der Waals surface area contributed by atoms with Crippen LogP contribution in [-0.2, 0) is 0 Å². The SMILES string of the molecule is Cc1ccc(C(=O)NCCNc2ncnc3sc(C)c(C)c23)cc1F. The Kier molecular flexibility index (Phi) is 4.94. The molecule has 3 rings (SSSR count). The Morgan fingerprint density at radius 3 is 2.76 bits per heavy atom. The number of fused-ring (bicyclic) bond motifs is 1. The Morgan fingerprint density at radius 1 is 1.20 bits per heavy atom. The molecule has 0 atom stereocenters. The van der Waals surface area contributed by atoms with Crippen molar-refractivity contribution < 1.29 is 9.18 Å². The van der Waals surface area contributed by atoms with E-state index in [0.717, 1.165) is 16.0 Å². The topological polar surface area (TPSA) is 66.9 Å². The predicted octanol–water partition coefficient (Wildman–Crippen LogP) is 3.60. The minimum atomic E-state index is -0.377. The van der Waals surface area contributed by atoms with Crippen LogP contribution in [0.2, 0.25) is 0 Å². The summed E-state index contributed by atoms with van der Waals surface area (Å²) in [5, 5.41) is 7.04. The van der Waals surface area contributed by atoms with E-state index in [-0.39, 0.29) is 11.7 Å². The van der Waals surface area contributed by atoms with Crippen LogP contribution in [0.1, 0.15) is 26.4 Å². The summed E-state index contributed by atoms with van der Waals surface area (Å²) >= 11 is 1.64. The van der Waals surface area contributed by atoms with Gasteiger partial charge in [0.2, 0.25) is 0 Å². The van der Waals surface area contributed by atoms with E-state index in [1.807, 2.05) is 0 Å². The van der Waals surface area contributed by atoms with E-state index in [9.17, 15) is 9.18 Å². The van der Waals surface area contributed by atoms with Gasteiger partial charge in [-0.15, -0.1) is 11.3 Å². The summed E-state index contributed by atoms with van der Waals surface area (Å²) in [5.41, 5.74) is 2.01. The van der Waals surface area contributed by atoms with Crippen molar-refractivity contribution in [2.24, 2.45) is 0 Å². The number of hydrogen-bond acceptors (Lipinski definition) is 5. The lowest BCUT2D eigenvalue weighted by molar-refractivity contribution is 0.0954. The summed E-state index contributed by atoms with van der Waals surface area (Å²) in [7, 11) is 0. The van der Waals surface area contributed by atoms with Crippen LogP contribution in [0.4, 0.5) is 10.2 Å². The van der Waals surface area contributed by atoms with Crippen LogP contribution in [0.25, 0.3) is 10.2 Å². The molecule has 25 heavy (non-hydrogen) atoms. The second-order valence-electron chi connectivity index (χ2n) is 5.83. The molecule has 2 heterocycles. The number of nitrogens with zero attached hydrogens (tertiary/aromatic N) is 2. The van der Waals surface area contributed by atoms with Crippen molar-refractivity contribution in [3.05, 3.63) is 51.9 Å². The number of carbonyl (C=O) groups excluding carboxylic acids is 1. The van der Waals surface area contributed by atoms with Crippen LogP contribution >= 0.6 is 11.3 Å². The second kappa shape index (κ2) is 7.14. The van der Waals surface area contributed by atoms with Crippen molar-refractivity contribution in [3.8, 4) is 0 Å². The summed E-state index contributed by atoms with van der Waals surface area (Å²) in [6.07, 6.45) is 1.54. The Morgan fingerprint density at radius 2 is 2.00 bits per heavy atom. The van der Waals surface area contributed by atoms with Gasteiger partial charge >= 0.3 is 0 Å². The number of carbonyl (C=O) groups is 1. The number of halogens is 1. The Balaban J connectivity index is 1.60. The van der Waals surface area contributed by atoms with Crippen LogP contribution in [0.5, 0.6) is 0 Å². The lowest BCUT2D eigenvalue weighted by Crippen LogP contribution is -2.29. The lowest BCUT2D eigenvalue weighted by Gasteiger charge is -2.09. The van der Waals surface area contributed by atoms with E-state index in [4.69, 9.17) is 0 Å². The normalized spacial score (nSPS) is 10.9. The van der Waals surface area contributed by atoms with Crippen LogP contribution < -0.4 is 10.6 Å². The summed E-state index contributed by atoms with van der Waals surface area (Å²) in [5.74, 6) is 0.0935. The first-order chi connectivity index (χ1) is 12.0. The van der Waals surface area contributed by atoms with Crippen molar-refractivity contribution in [2.45, 2.75) is 20.8 Å². The molecule has 2 N–H and O–H groups in total. The molecule has 0 bridgehead atoms. The molecular formula is C18H19FN4OS. The van der Waals surface area contributed by atoms with Gasteiger partial charge in [-0.1, -0.05) is 6.07 Å². The summed E-state index contributed by atoms with van der Waals surface area (Å²) in [4.78, 5) is 22.8. The number of nitrogens with one attached hydrogen (secondary N) is 2. The summed E-state index contributed by atoms with van der Waals surface area (Å²) in [6, 6.07) is 4.47. The van der Waals surface area contributed by atoms with Gasteiger partial charge in [-0.3, -0.25) is 4.79 Å². The van der Waals surface area contributed by atoms with Crippen molar-refractivity contribution >= 4 is 33.3 Å². The number of aromatic nitrogens is 2. The quantitative estimate of drug-likeness (QED) is 0.684. The molecule has 0 saturated carbocycles. The minimum Gasteiger partial charge on any atom is -0.368 e. The molecular weight excluding hydrogens is 339 g/mol. The van der Waals surface area contributed by atoms with Gasteiger partial charge in [-0.25, -0.2) is 14.4 Å². The standard InChI is InChI=1S/C18H19FN4OS/c1-10-4-5-13(8-14(10)19)17(24)21-7-6-20-16-15-11(2)12(3)25-18(15)23-9-22-16/h4-5,8-9H,6-7H2,1-3H3,(H,21,24)(H,20,22,23). The van der Waals surface area contributed by atoms with Gasteiger partial charge in [0.15, 0.2) is 0 Å². The molecule has 0 fully saturated rings. The van der Waals surface area contributed by atoms with Gasteiger partial charge < -0.3 is 10.6 Å². The fourth-order valence-electron chi connectivity index (χ4n) is 2.51. The van der Waals surface area contributed by atoms with Crippen molar-refractivity contribution in [3.63, 3.8) is 0 Å². The van der Waals surface area contributed by atoms with Crippen molar-refractivity contribution in [2.75, 3.05) is 18.4 Å². The Bertz CT molecular complexity index is 938. The highest BCUT2D eigenvalue weighted by molar-refractivity contribution is 7.18. The van der Waals surface area contributed by atoms with E-state index >= 15 is 0 Å². The molecule has 0 aliphatic heterocycles. The number of rotatable bonds is 5. The number of aryl methyl sites for hydroxylation is 3. The smallest absolute Gasteiger partial charge is 0.251 e.